The first kappa shape index (κ1) is 16.2. The third-order valence-electron chi connectivity index (χ3n) is 4.94. The first-order valence-electron chi connectivity index (χ1n) is 8.55. The Labute approximate surface area is 151 Å². The zero-order valence-corrected chi connectivity index (χ0v) is 15.1. The molecule has 0 fully saturated rings. The summed E-state index contributed by atoms with van der Waals surface area (Å²) in [5.74, 6) is 0.00131. The Hall–Kier alpha value is -2.33. The number of pyridine rings is 1. The maximum Gasteiger partial charge on any atom is 0.227 e. The molecular weight excluding hydrogens is 334 g/mol. The molecular formula is C20H20ClN3O. The lowest BCUT2D eigenvalue weighted by Crippen LogP contribution is -2.28. The van der Waals surface area contributed by atoms with Gasteiger partial charge in [-0.2, -0.15) is 0 Å². The van der Waals surface area contributed by atoms with Crippen LogP contribution in [0.15, 0.2) is 36.5 Å². The van der Waals surface area contributed by atoms with E-state index in [0.717, 1.165) is 41.1 Å². The van der Waals surface area contributed by atoms with E-state index in [1.54, 1.807) is 6.07 Å². The van der Waals surface area contributed by atoms with E-state index < -0.39 is 0 Å². The van der Waals surface area contributed by atoms with Gasteiger partial charge in [0.1, 0.15) is 5.65 Å². The number of imidazole rings is 1. The van der Waals surface area contributed by atoms with Crippen LogP contribution in [0.25, 0.3) is 5.65 Å². The molecule has 0 bridgehead atoms. The number of carbonyl (C=O) groups excluding carboxylic acids is 1. The van der Waals surface area contributed by atoms with Crippen LogP contribution < -0.4 is 5.32 Å². The summed E-state index contributed by atoms with van der Waals surface area (Å²) in [6.07, 6.45) is 4.42. The monoisotopic (exact) mass is 353 g/mol. The molecule has 1 atom stereocenters. The average molecular weight is 354 g/mol. The summed E-state index contributed by atoms with van der Waals surface area (Å²) < 4.78 is 2.12. The standard InChI is InChI=1S/C20H20ClN3O/c1-12-7-8-24-18-10-14(4-6-17(18)23-19(24)9-12)20(25)22-15-5-3-13(2)16(21)11-15/h3,5,7-9,11,14H,4,6,10H2,1-2H3,(H,22,25). The van der Waals surface area contributed by atoms with Crippen molar-refractivity contribution in [3.05, 3.63) is 64.1 Å². The van der Waals surface area contributed by atoms with E-state index in [1.165, 1.54) is 5.56 Å². The van der Waals surface area contributed by atoms with E-state index in [1.807, 2.05) is 19.1 Å². The Morgan fingerprint density at radius 1 is 1.28 bits per heavy atom. The first-order valence-corrected chi connectivity index (χ1v) is 8.92. The van der Waals surface area contributed by atoms with E-state index in [9.17, 15) is 4.79 Å². The average Bonchev–Trinajstić information content (AvgIpc) is 2.94. The lowest BCUT2D eigenvalue weighted by molar-refractivity contribution is -0.120. The van der Waals surface area contributed by atoms with Crippen LogP contribution in [0.2, 0.25) is 5.02 Å². The van der Waals surface area contributed by atoms with E-state index in [2.05, 4.69) is 35.0 Å². The molecule has 0 spiro atoms. The fourth-order valence-corrected chi connectivity index (χ4v) is 3.63. The lowest BCUT2D eigenvalue weighted by Gasteiger charge is -2.21. The number of amides is 1. The molecule has 1 N–H and O–H groups in total. The minimum Gasteiger partial charge on any atom is -0.326 e. The van der Waals surface area contributed by atoms with Crippen molar-refractivity contribution in [3.8, 4) is 0 Å². The number of aryl methyl sites for hydroxylation is 3. The van der Waals surface area contributed by atoms with Crippen LogP contribution in [0.4, 0.5) is 5.69 Å². The van der Waals surface area contributed by atoms with E-state index in [4.69, 9.17) is 16.6 Å². The minimum atomic E-state index is -0.0474. The predicted octanol–water partition coefficient (Wildman–Crippen LogP) is 4.35. The van der Waals surface area contributed by atoms with Crippen molar-refractivity contribution in [2.24, 2.45) is 5.92 Å². The molecule has 0 saturated carbocycles. The molecule has 1 unspecified atom stereocenters. The van der Waals surface area contributed by atoms with Gasteiger partial charge < -0.3 is 9.72 Å². The molecule has 0 radical (unpaired) electrons. The summed E-state index contributed by atoms with van der Waals surface area (Å²) in [5, 5.41) is 3.67. The molecule has 4 nitrogen and oxygen atoms in total. The van der Waals surface area contributed by atoms with Crippen molar-refractivity contribution in [2.75, 3.05) is 5.32 Å². The Kier molecular flexibility index (Phi) is 4.00. The second-order valence-electron chi connectivity index (χ2n) is 6.83. The number of benzene rings is 1. The fraction of sp³-hybridized carbons (Fsp3) is 0.300. The molecule has 1 aromatic carbocycles. The molecule has 25 heavy (non-hydrogen) atoms. The molecule has 2 aromatic heterocycles. The van der Waals surface area contributed by atoms with Gasteiger partial charge in [0.25, 0.3) is 0 Å². The highest BCUT2D eigenvalue weighted by Crippen LogP contribution is 2.28. The number of fused-ring (bicyclic) bond motifs is 3. The van der Waals surface area contributed by atoms with Gasteiger partial charge in [-0.25, -0.2) is 4.98 Å². The first-order chi connectivity index (χ1) is 12.0. The van der Waals surface area contributed by atoms with Gasteiger partial charge >= 0.3 is 0 Å². The Morgan fingerprint density at radius 3 is 2.92 bits per heavy atom. The third-order valence-corrected chi connectivity index (χ3v) is 5.35. The van der Waals surface area contributed by atoms with E-state index in [0.29, 0.717) is 11.4 Å². The highest BCUT2D eigenvalue weighted by molar-refractivity contribution is 6.31. The maximum atomic E-state index is 12.7. The highest BCUT2D eigenvalue weighted by Gasteiger charge is 2.28. The number of nitrogens with one attached hydrogen (secondary N) is 1. The lowest BCUT2D eigenvalue weighted by atomic mass is 9.89. The normalized spacial score (nSPS) is 16.7. The van der Waals surface area contributed by atoms with E-state index >= 15 is 0 Å². The maximum absolute atomic E-state index is 12.7. The predicted molar refractivity (Wildman–Crippen MR) is 100 cm³/mol. The molecule has 3 aromatic rings. The zero-order chi connectivity index (χ0) is 17.6. The topological polar surface area (TPSA) is 46.4 Å². The molecule has 1 aliphatic carbocycles. The van der Waals surface area contributed by atoms with Crippen molar-refractivity contribution >= 4 is 28.8 Å². The van der Waals surface area contributed by atoms with Crippen LogP contribution in [-0.4, -0.2) is 15.3 Å². The number of hydrogen-bond donors (Lipinski definition) is 1. The van der Waals surface area contributed by atoms with Crippen LogP contribution in [0.5, 0.6) is 0 Å². The van der Waals surface area contributed by atoms with Gasteiger partial charge in [-0.05, 0) is 62.1 Å². The van der Waals surface area contributed by atoms with E-state index in [-0.39, 0.29) is 11.8 Å². The number of carbonyl (C=O) groups is 1. The molecule has 2 heterocycles. The summed E-state index contributed by atoms with van der Waals surface area (Å²) in [6, 6.07) is 9.78. The molecule has 0 saturated heterocycles. The van der Waals surface area contributed by atoms with Crippen molar-refractivity contribution in [1.82, 2.24) is 9.38 Å². The van der Waals surface area contributed by atoms with Crippen LogP contribution in [-0.2, 0) is 17.6 Å². The van der Waals surface area contributed by atoms with Gasteiger partial charge in [-0.15, -0.1) is 0 Å². The molecule has 5 heteroatoms. The van der Waals surface area contributed by atoms with Crippen LogP contribution in [0.1, 0.15) is 28.9 Å². The Bertz CT molecular complexity index is 976. The van der Waals surface area contributed by atoms with Crippen molar-refractivity contribution in [3.63, 3.8) is 0 Å². The fourth-order valence-electron chi connectivity index (χ4n) is 3.45. The van der Waals surface area contributed by atoms with Gasteiger partial charge in [-0.3, -0.25) is 4.79 Å². The molecule has 0 aliphatic heterocycles. The molecule has 4 rings (SSSR count). The number of hydrogen-bond acceptors (Lipinski definition) is 2. The quantitative estimate of drug-likeness (QED) is 0.744. The second kappa shape index (κ2) is 6.19. The number of nitrogens with zero attached hydrogens (tertiary/aromatic N) is 2. The van der Waals surface area contributed by atoms with Crippen LogP contribution in [0.3, 0.4) is 0 Å². The van der Waals surface area contributed by atoms with Gasteiger partial charge in [0, 0.05) is 34.9 Å². The van der Waals surface area contributed by atoms with Gasteiger partial charge in [-0.1, -0.05) is 17.7 Å². The smallest absolute Gasteiger partial charge is 0.227 e. The summed E-state index contributed by atoms with van der Waals surface area (Å²) in [7, 11) is 0. The second-order valence-corrected chi connectivity index (χ2v) is 7.24. The number of anilines is 1. The Morgan fingerprint density at radius 2 is 2.12 bits per heavy atom. The van der Waals surface area contributed by atoms with Gasteiger partial charge in [0.2, 0.25) is 5.91 Å². The zero-order valence-electron chi connectivity index (χ0n) is 14.3. The van der Waals surface area contributed by atoms with Gasteiger partial charge in [0.15, 0.2) is 0 Å². The molecule has 128 valence electrons. The summed E-state index contributed by atoms with van der Waals surface area (Å²) >= 11 is 6.15. The minimum absolute atomic E-state index is 0.0474. The Balaban J connectivity index is 1.56. The summed E-state index contributed by atoms with van der Waals surface area (Å²) in [4.78, 5) is 17.4. The van der Waals surface area contributed by atoms with Crippen LogP contribution >= 0.6 is 11.6 Å². The number of halogens is 1. The van der Waals surface area contributed by atoms with Crippen LogP contribution in [0, 0.1) is 19.8 Å². The highest BCUT2D eigenvalue weighted by atomic mass is 35.5. The van der Waals surface area contributed by atoms with Crippen molar-refractivity contribution in [2.45, 2.75) is 33.1 Å². The number of aromatic nitrogens is 2. The molecule has 1 amide bonds. The SMILES string of the molecule is Cc1ccn2c3c(nc2c1)CCC(C(=O)Nc1ccc(C)c(Cl)c1)C3. The third kappa shape index (κ3) is 3.02. The summed E-state index contributed by atoms with van der Waals surface area (Å²) in [5.41, 5.74) is 6.19. The van der Waals surface area contributed by atoms with Crippen molar-refractivity contribution in [1.29, 1.82) is 0 Å². The van der Waals surface area contributed by atoms with Crippen molar-refractivity contribution < 1.29 is 4.79 Å². The number of rotatable bonds is 2. The molecule has 1 aliphatic rings. The largest absolute Gasteiger partial charge is 0.326 e. The van der Waals surface area contributed by atoms with Gasteiger partial charge in [0.05, 0.1) is 5.69 Å². The summed E-state index contributed by atoms with van der Waals surface area (Å²) in [6.45, 7) is 4.01.